The summed E-state index contributed by atoms with van der Waals surface area (Å²) in [5.41, 5.74) is 6.87. The van der Waals surface area contributed by atoms with Gasteiger partial charge in [-0.15, -0.1) is 0 Å². The summed E-state index contributed by atoms with van der Waals surface area (Å²) in [5, 5.41) is 17.1. The Hall–Kier alpha value is -3.93. The molecule has 0 saturated heterocycles. The highest BCUT2D eigenvalue weighted by Crippen LogP contribution is 2.13. The molecule has 2 rings (SSSR count). The molecule has 0 bridgehead atoms. The number of nitrogens with one attached hydrogen (secondary N) is 2. The van der Waals surface area contributed by atoms with Crippen LogP contribution in [0.3, 0.4) is 0 Å². The maximum Gasteiger partial charge on any atom is 0.337 e. The molecule has 3 N–H and O–H groups in total. The summed E-state index contributed by atoms with van der Waals surface area (Å²) in [6, 6.07) is 13.1. The SMILES string of the molecule is COC(=O)c1ccc(C=NNC(=O)COCC(=O)NN=Cc2ccc(C(O)OC)cc2)cc1. The summed E-state index contributed by atoms with van der Waals surface area (Å²) < 4.78 is 14.4. The van der Waals surface area contributed by atoms with E-state index in [0.29, 0.717) is 22.3 Å². The normalized spacial score (nSPS) is 12.0. The van der Waals surface area contributed by atoms with Crippen molar-refractivity contribution in [2.75, 3.05) is 27.4 Å². The molecule has 0 spiro atoms. The number of hydrogen-bond donors (Lipinski definition) is 3. The van der Waals surface area contributed by atoms with Crippen molar-refractivity contribution < 1.29 is 33.7 Å². The molecule has 2 aromatic carbocycles. The van der Waals surface area contributed by atoms with Gasteiger partial charge in [-0.2, -0.15) is 10.2 Å². The molecule has 0 heterocycles. The zero-order valence-electron chi connectivity index (χ0n) is 18.1. The highest BCUT2D eigenvalue weighted by Gasteiger charge is 2.06. The summed E-state index contributed by atoms with van der Waals surface area (Å²) in [6.45, 7) is -0.749. The van der Waals surface area contributed by atoms with E-state index < -0.39 is 24.1 Å². The van der Waals surface area contributed by atoms with Crippen LogP contribution >= 0.6 is 0 Å². The minimum atomic E-state index is -1.00. The van der Waals surface area contributed by atoms with Crippen molar-refractivity contribution in [3.63, 3.8) is 0 Å². The Kier molecular flexibility index (Phi) is 10.3. The van der Waals surface area contributed by atoms with Gasteiger partial charge in [0.1, 0.15) is 13.2 Å². The number of methoxy groups -OCH3 is 2. The van der Waals surface area contributed by atoms with Crippen LogP contribution in [0.1, 0.15) is 33.3 Å². The Bertz CT molecular complexity index is 989. The zero-order chi connectivity index (χ0) is 24.1. The van der Waals surface area contributed by atoms with Crippen molar-refractivity contribution in [1.29, 1.82) is 0 Å². The number of aliphatic hydroxyl groups is 1. The highest BCUT2D eigenvalue weighted by atomic mass is 16.6. The minimum Gasteiger partial charge on any atom is -0.465 e. The summed E-state index contributed by atoms with van der Waals surface area (Å²) in [7, 11) is 2.69. The van der Waals surface area contributed by atoms with E-state index in [-0.39, 0.29) is 13.2 Å². The number of esters is 1. The second kappa shape index (κ2) is 13.5. The summed E-state index contributed by atoms with van der Waals surface area (Å²) in [4.78, 5) is 34.8. The summed E-state index contributed by atoms with van der Waals surface area (Å²) in [6.07, 6.45) is 1.80. The van der Waals surface area contributed by atoms with Crippen LogP contribution in [0.2, 0.25) is 0 Å². The molecule has 33 heavy (non-hydrogen) atoms. The van der Waals surface area contributed by atoms with Crippen LogP contribution in [0.15, 0.2) is 58.7 Å². The molecule has 2 aromatic rings. The van der Waals surface area contributed by atoms with E-state index >= 15 is 0 Å². The molecule has 0 fully saturated rings. The molecule has 0 saturated carbocycles. The smallest absolute Gasteiger partial charge is 0.337 e. The highest BCUT2D eigenvalue weighted by molar-refractivity contribution is 5.91. The average Bonchev–Trinajstić information content (AvgIpc) is 2.84. The number of ether oxygens (including phenoxy) is 3. The number of amides is 2. The number of rotatable bonds is 11. The number of hydrogen-bond acceptors (Lipinski definition) is 9. The zero-order valence-corrected chi connectivity index (χ0v) is 18.1. The van der Waals surface area contributed by atoms with E-state index in [4.69, 9.17) is 9.47 Å². The Morgan fingerprint density at radius 2 is 1.36 bits per heavy atom. The molecule has 0 aliphatic heterocycles. The van der Waals surface area contributed by atoms with Gasteiger partial charge in [0.25, 0.3) is 11.8 Å². The second-order valence-electron chi connectivity index (χ2n) is 6.45. The van der Waals surface area contributed by atoms with Crippen LogP contribution in [-0.2, 0) is 23.8 Å². The Labute approximate surface area is 190 Å². The van der Waals surface area contributed by atoms with Crippen molar-refractivity contribution in [3.05, 3.63) is 70.8 Å². The fraction of sp³-hybridized carbons (Fsp3) is 0.227. The van der Waals surface area contributed by atoms with E-state index in [1.54, 1.807) is 48.5 Å². The summed E-state index contributed by atoms with van der Waals surface area (Å²) in [5.74, 6) is -1.54. The maximum absolute atomic E-state index is 11.7. The lowest BCUT2D eigenvalue weighted by molar-refractivity contribution is -0.130. The van der Waals surface area contributed by atoms with E-state index in [1.165, 1.54) is 26.6 Å². The standard InChI is InChI=1S/C22H24N4O7/c1-31-21(29)17-7-3-15(4-8-17)11-23-25-19(27)13-33-14-20(28)26-24-12-16-5-9-18(10-6-16)22(30)32-2/h3-12,21,29H,13-14H2,1-2H3,(H,25,27)(H,26,28). The molecule has 1 atom stereocenters. The van der Waals surface area contributed by atoms with Crippen molar-refractivity contribution in [2.45, 2.75) is 6.29 Å². The predicted octanol–water partition coefficient (Wildman–Crippen LogP) is 0.728. The van der Waals surface area contributed by atoms with Gasteiger partial charge < -0.3 is 19.3 Å². The molecular formula is C22H24N4O7. The van der Waals surface area contributed by atoms with E-state index in [2.05, 4.69) is 25.8 Å². The number of benzene rings is 2. The van der Waals surface area contributed by atoms with Crippen LogP contribution in [-0.4, -0.2) is 62.8 Å². The van der Waals surface area contributed by atoms with Crippen LogP contribution in [0.25, 0.3) is 0 Å². The predicted molar refractivity (Wildman–Crippen MR) is 118 cm³/mol. The monoisotopic (exact) mass is 456 g/mol. The first-order chi connectivity index (χ1) is 15.9. The quantitative estimate of drug-likeness (QED) is 0.195. The Morgan fingerprint density at radius 3 is 1.82 bits per heavy atom. The lowest BCUT2D eigenvalue weighted by atomic mass is 10.1. The first kappa shape index (κ1) is 25.3. The fourth-order valence-corrected chi connectivity index (χ4v) is 2.36. The first-order valence-electron chi connectivity index (χ1n) is 9.63. The third-order valence-corrected chi connectivity index (χ3v) is 4.05. The van der Waals surface area contributed by atoms with Gasteiger partial charge in [0, 0.05) is 12.7 Å². The van der Waals surface area contributed by atoms with Gasteiger partial charge in [0.15, 0.2) is 6.29 Å². The van der Waals surface area contributed by atoms with Crippen molar-refractivity contribution in [3.8, 4) is 0 Å². The van der Waals surface area contributed by atoms with Gasteiger partial charge in [-0.1, -0.05) is 36.4 Å². The topological polar surface area (TPSA) is 148 Å². The molecule has 1 unspecified atom stereocenters. The number of carbonyl (C=O) groups excluding carboxylic acids is 3. The van der Waals surface area contributed by atoms with E-state index in [0.717, 1.165) is 0 Å². The lowest BCUT2D eigenvalue weighted by Crippen LogP contribution is -2.28. The third kappa shape index (κ3) is 8.99. The second-order valence-corrected chi connectivity index (χ2v) is 6.45. The molecule has 0 radical (unpaired) electrons. The lowest BCUT2D eigenvalue weighted by Gasteiger charge is -2.08. The summed E-state index contributed by atoms with van der Waals surface area (Å²) >= 11 is 0. The van der Waals surface area contributed by atoms with Gasteiger partial charge in [-0.3, -0.25) is 9.59 Å². The number of nitrogens with zero attached hydrogens (tertiary/aromatic N) is 2. The number of aliphatic hydroxyl groups excluding tert-OH is 1. The molecule has 0 aliphatic rings. The van der Waals surface area contributed by atoms with Crippen LogP contribution in [0.5, 0.6) is 0 Å². The third-order valence-electron chi connectivity index (χ3n) is 4.05. The fourth-order valence-electron chi connectivity index (χ4n) is 2.36. The molecule has 11 nitrogen and oxygen atoms in total. The Morgan fingerprint density at radius 1 is 0.879 bits per heavy atom. The van der Waals surface area contributed by atoms with Crippen LogP contribution in [0, 0.1) is 0 Å². The minimum absolute atomic E-state index is 0.373. The molecule has 2 amide bonds. The van der Waals surface area contributed by atoms with Gasteiger partial charge in [0.2, 0.25) is 0 Å². The molecular weight excluding hydrogens is 432 g/mol. The average molecular weight is 456 g/mol. The van der Waals surface area contributed by atoms with E-state index in [9.17, 15) is 19.5 Å². The van der Waals surface area contributed by atoms with Crippen LogP contribution < -0.4 is 10.9 Å². The Balaban J connectivity index is 1.65. The van der Waals surface area contributed by atoms with Gasteiger partial charge in [-0.25, -0.2) is 15.6 Å². The molecule has 11 heteroatoms. The molecule has 0 aliphatic carbocycles. The van der Waals surface area contributed by atoms with Crippen molar-refractivity contribution in [1.82, 2.24) is 10.9 Å². The first-order valence-corrected chi connectivity index (χ1v) is 9.63. The number of hydrazone groups is 2. The van der Waals surface area contributed by atoms with E-state index in [1.807, 2.05) is 0 Å². The van der Waals surface area contributed by atoms with Gasteiger partial charge >= 0.3 is 5.97 Å². The van der Waals surface area contributed by atoms with Crippen LogP contribution in [0.4, 0.5) is 0 Å². The largest absolute Gasteiger partial charge is 0.465 e. The molecule has 0 aromatic heterocycles. The maximum atomic E-state index is 11.7. The molecule has 174 valence electrons. The number of carbonyl (C=O) groups is 3. The van der Waals surface area contributed by atoms with Gasteiger partial charge in [0.05, 0.1) is 25.1 Å². The van der Waals surface area contributed by atoms with Crippen molar-refractivity contribution >= 4 is 30.2 Å². The van der Waals surface area contributed by atoms with Gasteiger partial charge in [-0.05, 0) is 23.3 Å². The van der Waals surface area contributed by atoms with Crippen molar-refractivity contribution in [2.24, 2.45) is 10.2 Å².